The quantitative estimate of drug-likeness (QED) is 0.919. The second-order valence-electron chi connectivity index (χ2n) is 6.07. The van der Waals surface area contributed by atoms with E-state index in [-0.39, 0.29) is 24.3 Å². The van der Waals surface area contributed by atoms with Crippen molar-refractivity contribution < 1.29 is 14.3 Å². The molecule has 2 aliphatic rings. The van der Waals surface area contributed by atoms with Crippen molar-refractivity contribution in [2.24, 2.45) is 5.92 Å². The van der Waals surface area contributed by atoms with Gasteiger partial charge in [0.15, 0.2) is 0 Å². The SMILES string of the molecule is COc1ccc(N2CC(=O)NC(C)(C3CC3)C2=O)c(C)c1. The van der Waals surface area contributed by atoms with Crippen LogP contribution in [0.4, 0.5) is 5.69 Å². The number of rotatable bonds is 3. The zero-order chi connectivity index (χ0) is 15.2. The first kappa shape index (κ1) is 13.9. The third-order valence-electron chi connectivity index (χ3n) is 4.48. The van der Waals surface area contributed by atoms with Crippen LogP contribution in [0.25, 0.3) is 0 Å². The smallest absolute Gasteiger partial charge is 0.253 e. The zero-order valence-electron chi connectivity index (χ0n) is 12.6. The Bertz CT molecular complexity index is 610. The summed E-state index contributed by atoms with van der Waals surface area (Å²) in [5.41, 5.74) is 0.944. The Labute approximate surface area is 124 Å². The number of amides is 2. The Kier molecular flexibility index (Phi) is 3.15. The minimum atomic E-state index is -0.762. The molecule has 2 amide bonds. The van der Waals surface area contributed by atoms with Crippen molar-refractivity contribution in [1.82, 2.24) is 5.32 Å². The van der Waals surface area contributed by atoms with Gasteiger partial charge in [-0.25, -0.2) is 0 Å². The minimum Gasteiger partial charge on any atom is -0.497 e. The van der Waals surface area contributed by atoms with Crippen LogP contribution in [0.5, 0.6) is 5.75 Å². The van der Waals surface area contributed by atoms with Crippen LogP contribution in [0.1, 0.15) is 25.3 Å². The van der Waals surface area contributed by atoms with Crippen LogP contribution in [0.3, 0.4) is 0 Å². The summed E-state index contributed by atoms with van der Waals surface area (Å²) in [7, 11) is 1.61. The van der Waals surface area contributed by atoms with Crippen molar-refractivity contribution >= 4 is 17.5 Å². The lowest BCUT2D eigenvalue weighted by molar-refractivity contribution is -0.136. The lowest BCUT2D eigenvalue weighted by atomic mass is 9.91. The second-order valence-corrected chi connectivity index (χ2v) is 6.07. The molecular weight excluding hydrogens is 268 g/mol. The number of nitrogens with one attached hydrogen (secondary N) is 1. The molecule has 1 saturated heterocycles. The van der Waals surface area contributed by atoms with E-state index in [2.05, 4.69) is 5.32 Å². The molecule has 1 saturated carbocycles. The molecular formula is C16H20N2O3. The van der Waals surface area contributed by atoms with Crippen LogP contribution in [0.15, 0.2) is 18.2 Å². The van der Waals surface area contributed by atoms with Gasteiger partial charge in [-0.2, -0.15) is 0 Å². The fourth-order valence-corrected chi connectivity index (χ4v) is 3.07. The molecule has 1 unspecified atom stereocenters. The Morgan fingerprint density at radius 3 is 2.62 bits per heavy atom. The molecule has 5 nitrogen and oxygen atoms in total. The van der Waals surface area contributed by atoms with Crippen LogP contribution in [0.2, 0.25) is 0 Å². The molecule has 112 valence electrons. The molecule has 0 radical (unpaired) electrons. The molecule has 1 atom stereocenters. The van der Waals surface area contributed by atoms with Gasteiger partial charge < -0.3 is 15.0 Å². The van der Waals surface area contributed by atoms with E-state index in [9.17, 15) is 9.59 Å². The summed E-state index contributed by atoms with van der Waals surface area (Å²) < 4.78 is 5.19. The molecule has 0 spiro atoms. The average Bonchev–Trinajstić information content (AvgIpc) is 3.28. The topological polar surface area (TPSA) is 58.6 Å². The summed E-state index contributed by atoms with van der Waals surface area (Å²) in [5, 5.41) is 2.89. The van der Waals surface area contributed by atoms with E-state index >= 15 is 0 Å². The summed E-state index contributed by atoms with van der Waals surface area (Å²) in [4.78, 5) is 26.5. The maximum Gasteiger partial charge on any atom is 0.253 e. The highest BCUT2D eigenvalue weighted by atomic mass is 16.5. The molecule has 1 heterocycles. The zero-order valence-corrected chi connectivity index (χ0v) is 12.6. The van der Waals surface area contributed by atoms with Gasteiger partial charge in [0.1, 0.15) is 17.8 Å². The predicted octanol–water partition coefficient (Wildman–Crippen LogP) is 1.64. The number of hydrogen-bond acceptors (Lipinski definition) is 3. The van der Waals surface area contributed by atoms with Crippen molar-refractivity contribution in [2.45, 2.75) is 32.2 Å². The fourth-order valence-electron chi connectivity index (χ4n) is 3.07. The number of aryl methyl sites for hydroxylation is 1. The van der Waals surface area contributed by atoms with Crippen molar-refractivity contribution in [3.8, 4) is 5.75 Å². The number of benzene rings is 1. The molecule has 1 N–H and O–H groups in total. The second kappa shape index (κ2) is 4.76. The molecule has 5 heteroatoms. The van der Waals surface area contributed by atoms with E-state index in [1.807, 2.05) is 32.0 Å². The normalized spacial score (nSPS) is 25.8. The van der Waals surface area contributed by atoms with E-state index in [1.54, 1.807) is 12.0 Å². The molecule has 1 aliphatic carbocycles. The molecule has 0 bridgehead atoms. The number of nitrogens with zero attached hydrogens (tertiary/aromatic N) is 1. The summed E-state index contributed by atoms with van der Waals surface area (Å²) in [6.45, 7) is 3.84. The van der Waals surface area contributed by atoms with Gasteiger partial charge in [0.25, 0.3) is 5.91 Å². The third kappa shape index (κ3) is 2.26. The molecule has 21 heavy (non-hydrogen) atoms. The molecule has 1 aromatic rings. The molecule has 1 aliphatic heterocycles. The standard InChI is InChI=1S/C16H20N2O3/c1-10-8-12(21-3)6-7-13(10)18-9-14(19)17-16(2,15(18)20)11-4-5-11/h6-8,11H,4-5,9H2,1-3H3,(H,17,19). The Morgan fingerprint density at radius 2 is 2.05 bits per heavy atom. The number of carbonyl (C=O) groups excluding carboxylic acids is 2. The number of hydrogen-bond donors (Lipinski definition) is 1. The van der Waals surface area contributed by atoms with Gasteiger partial charge >= 0.3 is 0 Å². The number of methoxy groups -OCH3 is 1. The van der Waals surface area contributed by atoms with Crippen LogP contribution in [0, 0.1) is 12.8 Å². The lowest BCUT2D eigenvalue weighted by Gasteiger charge is -2.40. The maximum absolute atomic E-state index is 12.9. The first-order chi connectivity index (χ1) is 9.95. The minimum absolute atomic E-state index is 0.0159. The average molecular weight is 288 g/mol. The van der Waals surface area contributed by atoms with Gasteiger partial charge in [0.05, 0.1) is 7.11 Å². The molecule has 0 aromatic heterocycles. The Morgan fingerprint density at radius 1 is 1.33 bits per heavy atom. The molecule has 2 fully saturated rings. The summed E-state index contributed by atoms with van der Waals surface area (Å²) in [6, 6.07) is 5.54. The van der Waals surface area contributed by atoms with Crippen LogP contribution in [-0.4, -0.2) is 31.0 Å². The van der Waals surface area contributed by atoms with Crippen LogP contribution in [-0.2, 0) is 9.59 Å². The van der Waals surface area contributed by atoms with Gasteiger partial charge in [-0.3, -0.25) is 9.59 Å². The Balaban J connectivity index is 1.97. The summed E-state index contributed by atoms with van der Waals surface area (Å²) in [6.07, 6.45) is 2.00. The van der Waals surface area contributed by atoms with Gasteiger partial charge in [0, 0.05) is 5.69 Å². The van der Waals surface area contributed by atoms with Crippen molar-refractivity contribution in [3.05, 3.63) is 23.8 Å². The number of ether oxygens (including phenoxy) is 1. The third-order valence-corrected chi connectivity index (χ3v) is 4.48. The van der Waals surface area contributed by atoms with Crippen LogP contribution < -0.4 is 15.0 Å². The van der Waals surface area contributed by atoms with Gasteiger partial charge in [0.2, 0.25) is 5.91 Å². The van der Waals surface area contributed by atoms with Gasteiger partial charge in [-0.1, -0.05) is 0 Å². The van der Waals surface area contributed by atoms with E-state index < -0.39 is 5.54 Å². The summed E-state index contributed by atoms with van der Waals surface area (Å²) >= 11 is 0. The van der Waals surface area contributed by atoms with Gasteiger partial charge in [-0.15, -0.1) is 0 Å². The lowest BCUT2D eigenvalue weighted by Crippen LogP contribution is -2.66. The van der Waals surface area contributed by atoms with Gasteiger partial charge in [-0.05, 0) is 56.4 Å². The molecule has 1 aromatic carbocycles. The molecule has 3 rings (SSSR count). The number of carbonyl (C=O) groups is 2. The van der Waals surface area contributed by atoms with E-state index in [0.29, 0.717) is 0 Å². The largest absolute Gasteiger partial charge is 0.497 e. The maximum atomic E-state index is 12.9. The van der Waals surface area contributed by atoms with E-state index in [4.69, 9.17) is 4.74 Å². The first-order valence-electron chi connectivity index (χ1n) is 7.23. The number of piperazine rings is 1. The Hall–Kier alpha value is -2.04. The highest BCUT2D eigenvalue weighted by Gasteiger charge is 2.52. The van der Waals surface area contributed by atoms with E-state index in [1.165, 1.54) is 0 Å². The monoisotopic (exact) mass is 288 g/mol. The van der Waals surface area contributed by atoms with E-state index in [0.717, 1.165) is 29.8 Å². The van der Waals surface area contributed by atoms with Crippen molar-refractivity contribution in [1.29, 1.82) is 0 Å². The predicted molar refractivity (Wildman–Crippen MR) is 79.4 cm³/mol. The number of anilines is 1. The highest BCUT2D eigenvalue weighted by molar-refractivity contribution is 6.09. The highest BCUT2D eigenvalue weighted by Crippen LogP contribution is 2.42. The summed E-state index contributed by atoms with van der Waals surface area (Å²) in [5.74, 6) is 0.891. The fraction of sp³-hybridized carbons (Fsp3) is 0.500. The first-order valence-corrected chi connectivity index (χ1v) is 7.23. The van der Waals surface area contributed by atoms with Crippen molar-refractivity contribution in [2.75, 3.05) is 18.6 Å². The van der Waals surface area contributed by atoms with Crippen molar-refractivity contribution in [3.63, 3.8) is 0 Å². The van der Waals surface area contributed by atoms with Crippen LogP contribution >= 0.6 is 0 Å².